The molecule has 0 spiro atoms. The van der Waals surface area contributed by atoms with Gasteiger partial charge in [-0.05, 0) is 23.4 Å². The third-order valence-corrected chi connectivity index (χ3v) is 3.55. The molecule has 4 nitrogen and oxygen atoms in total. The van der Waals surface area contributed by atoms with Gasteiger partial charge in [-0.15, -0.1) is 11.3 Å². The minimum absolute atomic E-state index is 0.0779. The van der Waals surface area contributed by atoms with Crippen LogP contribution in [0.2, 0.25) is 0 Å². The molecule has 96 valence electrons. The molecule has 5 heteroatoms. The highest BCUT2D eigenvalue weighted by Gasteiger charge is 2.13. The Kier molecular flexibility index (Phi) is 3.93. The summed E-state index contributed by atoms with van der Waals surface area (Å²) in [6.07, 6.45) is 0. The Balaban J connectivity index is 2.32. The lowest BCUT2D eigenvalue weighted by molar-refractivity contribution is 0.455. The van der Waals surface area contributed by atoms with E-state index in [1.165, 1.54) is 10.7 Å². The van der Waals surface area contributed by atoms with Crippen LogP contribution in [0.25, 0.3) is 0 Å². The third-order valence-electron chi connectivity index (χ3n) is 2.59. The van der Waals surface area contributed by atoms with E-state index in [1.54, 1.807) is 17.4 Å². The molecule has 0 bridgehead atoms. The number of hydrogen-bond acceptors (Lipinski definition) is 4. The number of nitrogens with zero attached hydrogens (tertiary/aromatic N) is 2. The van der Waals surface area contributed by atoms with E-state index >= 15 is 0 Å². The maximum Gasteiger partial charge on any atom is 0.266 e. The molecule has 2 heterocycles. The van der Waals surface area contributed by atoms with Crippen molar-refractivity contribution in [3.8, 4) is 0 Å². The summed E-state index contributed by atoms with van der Waals surface area (Å²) in [5, 5.41) is 6.34. The normalized spacial score (nSPS) is 12.9. The smallest absolute Gasteiger partial charge is 0.266 e. The van der Waals surface area contributed by atoms with Gasteiger partial charge in [0.25, 0.3) is 5.56 Å². The summed E-state index contributed by atoms with van der Waals surface area (Å²) in [4.78, 5) is 12.7. The third kappa shape index (κ3) is 2.86. The van der Waals surface area contributed by atoms with Gasteiger partial charge < -0.3 is 5.73 Å². The monoisotopic (exact) mass is 263 g/mol. The number of aromatic nitrogens is 2. The van der Waals surface area contributed by atoms with E-state index < -0.39 is 0 Å². The fraction of sp³-hybridized carbons (Fsp3) is 0.385. The predicted octanol–water partition coefficient (Wildman–Crippen LogP) is 2.01. The Morgan fingerprint density at radius 2 is 2.17 bits per heavy atom. The van der Waals surface area contributed by atoms with Crippen LogP contribution in [0.1, 0.15) is 30.5 Å². The van der Waals surface area contributed by atoms with Gasteiger partial charge in [-0.25, -0.2) is 4.68 Å². The minimum Gasteiger partial charge on any atom is -0.318 e. The van der Waals surface area contributed by atoms with E-state index in [0.717, 1.165) is 10.6 Å². The van der Waals surface area contributed by atoms with Gasteiger partial charge in [0.05, 0.1) is 11.7 Å². The summed E-state index contributed by atoms with van der Waals surface area (Å²) in [5.41, 5.74) is 6.80. The lowest BCUT2D eigenvalue weighted by atomic mass is 10.2. The fourth-order valence-electron chi connectivity index (χ4n) is 1.72. The molecular formula is C13H17N3OS. The van der Waals surface area contributed by atoms with Crippen molar-refractivity contribution in [2.24, 2.45) is 11.7 Å². The average molecular weight is 263 g/mol. The molecule has 0 fully saturated rings. The Morgan fingerprint density at radius 3 is 2.78 bits per heavy atom. The van der Waals surface area contributed by atoms with Gasteiger partial charge in [-0.3, -0.25) is 4.79 Å². The molecule has 0 aliphatic heterocycles. The molecule has 2 aromatic heterocycles. The van der Waals surface area contributed by atoms with Crippen LogP contribution in [0, 0.1) is 5.92 Å². The molecule has 18 heavy (non-hydrogen) atoms. The molecule has 1 unspecified atom stereocenters. The first-order valence-electron chi connectivity index (χ1n) is 5.95. The van der Waals surface area contributed by atoms with Crippen LogP contribution in [-0.2, 0) is 6.54 Å². The lowest BCUT2D eigenvalue weighted by Crippen LogP contribution is -2.27. The number of hydrogen-bond donors (Lipinski definition) is 1. The summed E-state index contributed by atoms with van der Waals surface area (Å²) in [5.74, 6) is 0.378. The standard InChI is InChI=1S/C13H17N3OS/c1-9(2)8-16-12(17)6-5-10(15-16)13(14)11-4-3-7-18-11/h3-7,9,13H,8,14H2,1-2H3. The molecule has 2 N–H and O–H groups in total. The Labute approximate surface area is 110 Å². The van der Waals surface area contributed by atoms with Crippen LogP contribution in [0.5, 0.6) is 0 Å². The van der Waals surface area contributed by atoms with Crippen molar-refractivity contribution in [1.82, 2.24) is 9.78 Å². The van der Waals surface area contributed by atoms with Crippen LogP contribution in [-0.4, -0.2) is 9.78 Å². The molecular weight excluding hydrogens is 246 g/mol. The molecule has 0 radical (unpaired) electrons. The first-order chi connectivity index (χ1) is 8.58. The molecule has 0 saturated carbocycles. The van der Waals surface area contributed by atoms with Gasteiger partial charge in [0.1, 0.15) is 0 Å². The fourth-order valence-corrected chi connectivity index (χ4v) is 2.46. The number of thiophene rings is 1. The van der Waals surface area contributed by atoms with Crippen molar-refractivity contribution in [3.05, 3.63) is 50.6 Å². The number of rotatable bonds is 4. The zero-order valence-corrected chi connectivity index (χ0v) is 11.4. The first kappa shape index (κ1) is 13.0. The Morgan fingerprint density at radius 1 is 1.39 bits per heavy atom. The highest BCUT2D eigenvalue weighted by Crippen LogP contribution is 2.21. The topological polar surface area (TPSA) is 60.9 Å². The molecule has 0 aromatic carbocycles. The summed E-state index contributed by atoms with van der Waals surface area (Å²) in [6, 6.07) is 6.93. The second kappa shape index (κ2) is 5.46. The molecule has 0 aliphatic rings. The van der Waals surface area contributed by atoms with Gasteiger partial charge in [-0.2, -0.15) is 5.10 Å². The average Bonchev–Trinajstić information content (AvgIpc) is 2.84. The zero-order chi connectivity index (χ0) is 13.1. The van der Waals surface area contributed by atoms with Gasteiger partial charge in [0, 0.05) is 17.5 Å². The van der Waals surface area contributed by atoms with Crippen molar-refractivity contribution in [2.45, 2.75) is 26.4 Å². The van der Waals surface area contributed by atoms with Gasteiger partial charge in [0.2, 0.25) is 0 Å². The van der Waals surface area contributed by atoms with Crippen molar-refractivity contribution < 1.29 is 0 Å². The van der Waals surface area contributed by atoms with Gasteiger partial charge in [-0.1, -0.05) is 19.9 Å². The maximum absolute atomic E-state index is 11.7. The van der Waals surface area contributed by atoms with E-state index in [4.69, 9.17) is 5.73 Å². The maximum atomic E-state index is 11.7. The summed E-state index contributed by atoms with van der Waals surface area (Å²) >= 11 is 1.60. The second-order valence-electron chi connectivity index (χ2n) is 4.67. The highest BCUT2D eigenvalue weighted by atomic mass is 32.1. The summed E-state index contributed by atoms with van der Waals surface area (Å²) in [7, 11) is 0. The van der Waals surface area contributed by atoms with Gasteiger partial charge >= 0.3 is 0 Å². The first-order valence-corrected chi connectivity index (χ1v) is 6.83. The molecule has 0 aliphatic carbocycles. The Hall–Kier alpha value is -1.46. The van der Waals surface area contributed by atoms with Crippen LogP contribution in [0.3, 0.4) is 0 Å². The van der Waals surface area contributed by atoms with Crippen molar-refractivity contribution in [3.63, 3.8) is 0 Å². The summed E-state index contributed by atoms with van der Waals surface area (Å²) < 4.78 is 1.49. The molecule has 0 saturated heterocycles. The van der Waals surface area contributed by atoms with E-state index in [2.05, 4.69) is 18.9 Å². The lowest BCUT2D eigenvalue weighted by Gasteiger charge is -2.12. The predicted molar refractivity (Wildman–Crippen MR) is 73.7 cm³/mol. The largest absolute Gasteiger partial charge is 0.318 e. The highest BCUT2D eigenvalue weighted by molar-refractivity contribution is 7.10. The number of nitrogens with two attached hydrogens (primary N) is 1. The van der Waals surface area contributed by atoms with Gasteiger partial charge in [0.15, 0.2) is 0 Å². The van der Waals surface area contributed by atoms with Crippen LogP contribution in [0.15, 0.2) is 34.4 Å². The minimum atomic E-state index is -0.260. The van der Waals surface area contributed by atoms with Crippen LogP contribution >= 0.6 is 11.3 Å². The molecule has 0 amide bonds. The van der Waals surface area contributed by atoms with E-state index in [-0.39, 0.29) is 11.6 Å². The SMILES string of the molecule is CC(C)Cn1nc(C(N)c2cccs2)ccc1=O. The van der Waals surface area contributed by atoms with Crippen molar-refractivity contribution >= 4 is 11.3 Å². The van der Waals surface area contributed by atoms with E-state index in [9.17, 15) is 4.79 Å². The second-order valence-corrected chi connectivity index (χ2v) is 5.64. The molecule has 1 atom stereocenters. The van der Waals surface area contributed by atoms with Crippen molar-refractivity contribution in [2.75, 3.05) is 0 Å². The van der Waals surface area contributed by atoms with Crippen molar-refractivity contribution in [1.29, 1.82) is 0 Å². The van der Waals surface area contributed by atoms with Crippen LogP contribution < -0.4 is 11.3 Å². The molecule has 2 aromatic rings. The molecule has 2 rings (SSSR count). The Bertz CT molecular complexity index is 560. The quantitative estimate of drug-likeness (QED) is 0.918. The zero-order valence-electron chi connectivity index (χ0n) is 10.5. The van der Waals surface area contributed by atoms with Crippen LogP contribution in [0.4, 0.5) is 0 Å². The van der Waals surface area contributed by atoms with E-state index in [1.807, 2.05) is 17.5 Å². The summed E-state index contributed by atoms with van der Waals surface area (Å²) in [6.45, 7) is 4.73. The van der Waals surface area contributed by atoms with E-state index in [0.29, 0.717) is 12.5 Å².